The van der Waals surface area contributed by atoms with Crippen LogP contribution in [-0.4, -0.2) is 69.9 Å². The number of nitrogens with zero attached hydrogens (tertiary/aromatic N) is 5. The number of rotatable bonds is 13. The van der Waals surface area contributed by atoms with E-state index in [4.69, 9.17) is 25.6 Å². The predicted octanol–water partition coefficient (Wildman–Crippen LogP) is 5.66. The number of hydrazone groups is 1. The molecule has 11 nitrogen and oxygen atoms in total. The predicted molar refractivity (Wildman–Crippen MR) is 182 cm³/mol. The van der Waals surface area contributed by atoms with Crippen molar-refractivity contribution in [3.8, 4) is 28.6 Å². The van der Waals surface area contributed by atoms with Crippen LogP contribution in [0.2, 0.25) is 5.02 Å². The zero-order valence-corrected chi connectivity index (χ0v) is 27.2. The quantitative estimate of drug-likeness (QED) is 0.119. The van der Waals surface area contributed by atoms with Crippen molar-refractivity contribution in [2.75, 3.05) is 32.7 Å². The largest absolute Gasteiger partial charge is 0.507 e. The minimum atomic E-state index is -0.316. The molecule has 1 aliphatic heterocycles. The number of phenols is 1. The molecule has 252 valence electrons. The summed E-state index contributed by atoms with van der Waals surface area (Å²) in [6.45, 7) is 4.20. The summed E-state index contributed by atoms with van der Waals surface area (Å²) in [6.07, 6.45) is 1.36. The van der Waals surface area contributed by atoms with Gasteiger partial charge in [-0.1, -0.05) is 53.2 Å². The molecule has 0 atom stereocenters. The Morgan fingerprint density at radius 2 is 1.53 bits per heavy atom. The fraction of sp³-hybridized carbons (Fsp3) is 0.222. The van der Waals surface area contributed by atoms with Crippen LogP contribution in [0.15, 0.2) is 101 Å². The highest BCUT2D eigenvalue weighted by molar-refractivity contribution is 6.30. The molecular formula is C36H34ClFN6O5. The Hall–Kier alpha value is -5.30. The third-order valence-corrected chi connectivity index (χ3v) is 8.05. The fourth-order valence-electron chi connectivity index (χ4n) is 5.07. The minimum absolute atomic E-state index is 0.00849. The van der Waals surface area contributed by atoms with Crippen LogP contribution >= 0.6 is 11.6 Å². The average molecular weight is 685 g/mol. The Morgan fingerprint density at radius 3 is 2.24 bits per heavy atom. The number of carbonyl (C=O) groups excluding carboxylic acids is 1. The maximum absolute atomic E-state index is 13.1. The van der Waals surface area contributed by atoms with Gasteiger partial charge in [0, 0.05) is 42.3 Å². The zero-order valence-electron chi connectivity index (χ0n) is 26.5. The number of piperazine rings is 1. The van der Waals surface area contributed by atoms with E-state index in [0.717, 1.165) is 35.5 Å². The van der Waals surface area contributed by atoms with Crippen LogP contribution in [0.4, 0.5) is 4.39 Å². The molecule has 49 heavy (non-hydrogen) atoms. The lowest BCUT2D eigenvalue weighted by Gasteiger charge is -2.33. The highest BCUT2D eigenvalue weighted by atomic mass is 35.5. The maximum Gasteiger partial charge on any atom is 0.254 e. The first-order valence-corrected chi connectivity index (χ1v) is 16.0. The lowest BCUT2D eigenvalue weighted by Crippen LogP contribution is -2.48. The zero-order chi connectivity index (χ0) is 34.0. The van der Waals surface area contributed by atoms with Gasteiger partial charge in [-0.3, -0.25) is 14.6 Å². The number of hydrogen-bond donors (Lipinski definition) is 2. The third kappa shape index (κ3) is 9.86. The second-order valence-electron chi connectivity index (χ2n) is 11.4. The molecule has 5 aromatic rings. The summed E-state index contributed by atoms with van der Waals surface area (Å²) >= 11 is 5.93. The first-order chi connectivity index (χ1) is 23.9. The molecule has 0 aliphatic carbocycles. The second-order valence-corrected chi connectivity index (χ2v) is 11.9. The molecule has 1 aliphatic rings. The summed E-state index contributed by atoms with van der Waals surface area (Å²) in [6, 6.07) is 25.8. The second kappa shape index (κ2) is 16.2. The van der Waals surface area contributed by atoms with Crippen molar-refractivity contribution in [3.63, 3.8) is 0 Å². The van der Waals surface area contributed by atoms with E-state index in [9.17, 15) is 14.3 Å². The molecule has 2 heterocycles. The summed E-state index contributed by atoms with van der Waals surface area (Å²) in [5.74, 6) is 1.70. The number of benzene rings is 4. The van der Waals surface area contributed by atoms with Crippen molar-refractivity contribution >= 4 is 23.7 Å². The number of halogens is 2. The number of hydrogen-bond acceptors (Lipinski definition) is 10. The molecule has 0 bridgehead atoms. The van der Waals surface area contributed by atoms with Crippen LogP contribution in [-0.2, 0) is 24.6 Å². The minimum Gasteiger partial charge on any atom is -0.507 e. The molecule has 1 amide bonds. The molecule has 0 radical (unpaired) electrons. The van der Waals surface area contributed by atoms with E-state index in [1.165, 1.54) is 24.4 Å². The van der Waals surface area contributed by atoms with Gasteiger partial charge in [-0.05, 0) is 65.7 Å². The van der Waals surface area contributed by atoms with Gasteiger partial charge in [0.15, 0.2) is 0 Å². The van der Waals surface area contributed by atoms with Crippen LogP contribution in [0.1, 0.15) is 22.6 Å². The topological polar surface area (TPSA) is 126 Å². The first-order valence-electron chi connectivity index (χ1n) is 15.6. The van der Waals surface area contributed by atoms with Gasteiger partial charge in [0.1, 0.15) is 36.3 Å². The number of phenolic OH excluding ortho intramolecular Hbond substituents is 1. The Morgan fingerprint density at radius 1 is 0.898 bits per heavy atom. The van der Waals surface area contributed by atoms with Gasteiger partial charge in [-0.15, -0.1) is 0 Å². The summed E-state index contributed by atoms with van der Waals surface area (Å²) in [5.41, 5.74) is 5.56. The van der Waals surface area contributed by atoms with E-state index >= 15 is 0 Å². The Labute approximate surface area is 287 Å². The molecular weight excluding hydrogens is 651 g/mol. The van der Waals surface area contributed by atoms with Crippen molar-refractivity contribution in [2.45, 2.75) is 19.8 Å². The smallest absolute Gasteiger partial charge is 0.254 e. The highest BCUT2D eigenvalue weighted by Crippen LogP contribution is 2.23. The van der Waals surface area contributed by atoms with Crippen molar-refractivity contribution < 1.29 is 28.3 Å². The lowest BCUT2D eigenvalue weighted by molar-refractivity contribution is -0.122. The monoisotopic (exact) mass is 684 g/mol. The molecule has 6 rings (SSSR count). The molecule has 0 spiro atoms. The molecule has 1 fully saturated rings. The fourth-order valence-corrected chi connectivity index (χ4v) is 5.19. The van der Waals surface area contributed by atoms with Gasteiger partial charge in [0.25, 0.3) is 5.91 Å². The van der Waals surface area contributed by atoms with Crippen LogP contribution in [0.3, 0.4) is 0 Å². The Balaban J connectivity index is 0.907. The summed E-state index contributed by atoms with van der Waals surface area (Å²) in [4.78, 5) is 21.4. The summed E-state index contributed by atoms with van der Waals surface area (Å²) in [7, 11) is 0. The third-order valence-electron chi connectivity index (χ3n) is 7.80. The Bertz CT molecular complexity index is 1860. The average Bonchev–Trinajstić information content (AvgIpc) is 3.58. The van der Waals surface area contributed by atoms with Gasteiger partial charge in [0.2, 0.25) is 11.7 Å². The van der Waals surface area contributed by atoms with E-state index < -0.39 is 0 Å². The molecule has 13 heteroatoms. The summed E-state index contributed by atoms with van der Waals surface area (Å²) in [5, 5.41) is 19.0. The van der Waals surface area contributed by atoms with E-state index in [0.29, 0.717) is 54.3 Å². The van der Waals surface area contributed by atoms with Crippen LogP contribution in [0, 0.1) is 5.82 Å². The molecule has 0 saturated carbocycles. The van der Waals surface area contributed by atoms with E-state index in [-0.39, 0.29) is 30.6 Å². The molecule has 1 saturated heterocycles. The van der Waals surface area contributed by atoms with Crippen LogP contribution < -0.4 is 14.9 Å². The normalized spacial score (nSPS) is 13.8. The van der Waals surface area contributed by atoms with Crippen molar-refractivity contribution in [1.29, 1.82) is 0 Å². The number of aromatic nitrogens is 2. The van der Waals surface area contributed by atoms with Crippen LogP contribution in [0.5, 0.6) is 17.2 Å². The van der Waals surface area contributed by atoms with Crippen molar-refractivity contribution in [2.24, 2.45) is 5.10 Å². The molecule has 0 unspecified atom stereocenters. The Kier molecular flexibility index (Phi) is 11.1. The van der Waals surface area contributed by atoms with E-state index in [1.54, 1.807) is 36.4 Å². The van der Waals surface area contributed by atoms with Crippen molar-refractivity contribution in [3.05, 3.63) is 124 Å². The van der Waals surface area contributed by atoms with Gasteiger partial charge in [-0.2, -0.15) is 10.1 Å². The van der Waals surface area contributed by atoms with Gasteiger partial charge in [-0.25, -0.2) is 9.82 Å². The molecule has 2 N–H and O–H groups in total. The van der Waals surface area contributed by atoms with Crippen molar-refractivity contribution in [1.82, 2.24) is 25.4 Å². The molecule has 1 aromatic heterocycles. The van der Waals surface area contributed by atoms with Crippen LogP contribution in [0.25, 0.3) is 11.4 Å². The van der Waals surface area contributed by atoms with Gasteiger partial charge >= 0.3 is 0 Å². The maximum atomic E-state index is 13.1. The van der Waals surface area contributed by atoms with Gasteiger partial charge < -0.3 is 19.1 Å². The SMILES string of the molecule is O=C(CN1CCN(Cc2nc(-c3ccc(COc4ccc(Cl)cc4)cc3)no2)CC1)N/N=C/c1cc(OCc2ccc(F)cc2)ccc1O. The first kappa shape index (κ1) is 33.6. The van der Waals surface area contributed by atoms with E-state index in [2.05, 4.69) is 25.6 Å². The number of aromatic hydroxyl groups is 1. The van der Waals surface area contributed by atoms with E-state index in [1.807, 2.05) is 41.3 Å². The number of ether oxygens (including phenoxy) is 2. The number of carbonyl (C=O) groups is 1. The highest BCUT2D eigenvalue weighted by Gasteiger charge is 2.21. The lowest BCUT2D eigenvalue weighted by atomic mass is 10.1. The number of amides is 1. The standard InChI is InChI=1S/C36H34ClFN6O5/c37-29-7-11-31(12-8-29)47-23-25-1-5-27(6-2-25)36-40-35(49-42-36)22-44-17-15-43(16-18-44)21-34(46)41-39-20-28-19-32(13-14-33(28)45)48-24-26-3-9-30(38)10-4-26/h1-14,19-20,45H,15-18,21-24H2,(H,41,46)/b39-20+. The number of nitrogens with one attached hydrogen (secondary N) is 1. The summed E-state index contributed by atoms with van der Waals surface area (Å²) < 4.78 is 30.2. The molecule has 4 aromatic carbocycles. The van der Waals surface area contributed by atoms with Gasteiger partial charge in [0.05, 0.1) is 19.3 Å².